The van der Waals surface area contributed by atoms with E-state index in [0.29, 0.717) is 5.56 Å². The molecule has 2 aromatic carbocycles. The third kappa shape index (κ3) is 3.63. The van der Waals surface area contributed by atoms with E-state index in [4.69, 9.17) is 0 Å². The van der Waals surface area contributed by atoms with Crippen LogP contribution >= 0.6 is 0 Å². The van der Waals surface area contributed by atoms with Crippen molar-refractivity contribution in [1.29, 1.82) is 0 Å². The molecule has 2 N–H and O–H groups in total. The van der Waals surface area contributed by atoms with Gasteiger partial charge in [-0.1, -0.05) is 17.7 Å². The van der Waals surface area contributed by atoms with Crippen LogP contribution in [-0.2, 0) is 0 Å². The first-order valence-corrected chi connectivity index (χ1v) is 7.24. The highest BCUT2D eigenvalue weighted by Crippen LogP contribution is 2.20. The van der Waals surface area contributed by atoms with Gasteiger partial charge in [-0.3, -0.25) is 4.79 Å². The third-order valence-electron chi connectivity index (χ3n) is 3.48. The van der Waals surface area contributed by atoms with Gasteiger partial charge in [-0.25, -0.2) is 0 Å². The van der Waals surface area contributed by atoms with Gasteiger partial charge in [0.1, 0.15) is 0 Å². The summed E-state index contributed by atoms with van der Waals surface area (Å²) in [4.78, 5) is 12.4. The summed E-state index contributed by atoms with van der Waals surface area (Å²) < 4.78 is 0. The lowest BCUT2D eigenvalue weighted by Crippen LogP contribution is -2.14. The molecule has 0 saturated heterocycles. The maximum Gasteiger partial charge on any atom is 0.255 e. The number of carbonyl (C=O) groups is 1. The van der Waals surface area contributed by atoms with Crippen LogP contribution in [0.3, 0.4) is 0 Å². The molecule has 110 valence electrons. The Kier molecular flexibility index (Phi) is 4.63. The van der Waals surface area contributed by atoms with Gasteiger partial charge in [-0.15, -0.1) is 0 Å². The zero-order valence-corrected chi connectivity index (χ0v) is 13.1. The smallest absolute Gasteiger partial charge is 0.255 e. The summed E-state index contributed by atoms with van der Waals surface area (Å²) in [5, 5.41) is 6.23. The first-order valence-electron chi connectivity index (χ1n) is 7.24. The molecule has 0 aliphatic carbocycles. The number of hydrogen-bond acceptors (Lipinski definition) is 2. The van der Waals surface area contributed by atoms with Crippen LogP contribution < -0.4 is 10.6 Å². The molecule has 0 aliphatic rings. The van der Waals surface area contributed by atoms with Gasteiger partial charge in [0.2, 0.25) is 0 Å². The number of carbonyl (C=O) groups excluding carboxylic acids is 1. The van der Waals surface area contributed by atoms with Crippen LogP contribution in [0.15, 0.2) is 36.4 Å². The van der Waals surface area contributed by atoms with Crippen molar-refractivity contribution in [1.82, 2.24) is 0 Å². The van der Waals surface area contributed by atoms with E-state index in [0.717, 1.165) is 29.0 Å². The Labute approximate surface area is 126 Å². The van der Waals surface area contributed by atoms with Gasteiger partial charge in [0.05, 0.1) is 0 Å². The van der Waals surface area contributed by atoms with Crippen molar-refractivity contribution in [3.8, 4) is 0 Å². The van der Waals surface area contributed by atoms with Gasteiger partial charge < -0.3 is 10.6 Å². The molecule has 3 nitrogen and oxygen atoms in total. The SMILES string of the molecule is CCNc1ccc(C(=O)Nc2ccc(C)cc2C)c(C)c1. The number of rotatable bonds is 4. The monoisotopic (exact) mass is 282 g/mol. The third-order valence-corrected chi connectivity index (χ3v) is 3.48. The Morgan fingerprint density at radius 3 is 2.38 bits per heavy atom. The Morgan fingerprint density at radius 1 is 1.00 bits per heavy atom. The minimum Gasteiger partial charge on any atom is -0.385 e. The second kappa shape index (κ2) is 6.44. The normalized spacial score (nSPS) is 10.3. The van der Waals surface area contributed by atoms with Crippen LogP contribution in [0.1, 0.15) is 34.0 Å². The number of benzene rings is 2. The zero-order valence-electron chi connectivity index (χ0n) is 13.1. The molecule has 1 amide bonds. The second-order valence-corrected chi connectivity index (χ2v) is 5.33. The molecule has 0 aliphatic heterocycles. The molecule has 0 saturated carbocycles. The van der Waals surface area contributed by atoms with Gasteiger partial charge in [-0.05, 0) is 63.1 Å². The van der Waals surface area contributed by atoms with Gasteiger partial charge in [0.15, 0.2) is 0 Å². The molecule has 2 aromatic rings. The maximum absolute atomic E-state index is 12.4. The van der Waals surface area contributed by atoms with Gasteiger partial charge in [0, 0.05) is 23.5 Å². The van der Waals surface area contributed by atoms with Crippen LogP contribution in [0.5, 0.6) is 0 Å². The fraction of sp³-hybridized carbons (Fsp3) is 0.278. The van der Waals surface area contributed by atoms with E-state index in [-0.39, 0.29) is 5.91 Å². The molecule has 0 unspecified atom stereocenters. The summed E-state index contributed by atoms with van der Waals surface area (Å²) in [5.74, 6) is -0.0671. The van der Waals surface area contributed by atoms with E-state index in [1.807, 2.05) is 51.1 Å². The number of nitrogens with one attached hydrogen (secondary N) is 2. The van der Waals surface area contributed by atoms with Crippen LogP contribution in [0.2, 0.25) is 0 Å². The fourth-order valence-corrected chi connectivity index (χ4v) is 2.38. The molecule has 0 heterocycles. The van der Waals surface area contributed by atoms with Crippen LogP contribution in [0.25, 0.3) is 0 Å². The maximum atomic E-state index is 12.4. The average molecular weight is 282 g/mol. The van der Waals surface area contributed by atoms with Crippen LogP contribution in [-0.4, -0.2) is 12.5 Å². The molecule has 3 heteroatoms. The summed E-state index contributed by atoms with van der Waals surface area (Å²) in [7, 11) is 0. The topological polar surface area (TPSA) is 41.1 Å². The predicted molar refractivity (Wildman–Crippen MR) is 89.2 cm³/mol. The number of hydrogen-bond donors (Lipinski definition) is 2. The molecule has 0 radical (unpaired) electrons. The minimum atomic E-state index is -0.0671. The van der Waals surface area contributed by atoms with Crippen LogP contribution in [0.4, 0.5) is 11.4 Å². The second-order valence-electron chi connectivity index (χ2n) is 5.33. The van der Waals surface area contributed by atoms with E-state index >= 15 is 0 Å². The van der Waals surface area contributed by atoms with E-state index in [2.05, 4.69) is 23.6 Å². The van der Waals surface area contributed by atoms with Gasteiger partial charge in [-0.2, -0.15) is 0 Å². The largest absolute Gasteiger partial charge is 0.385 e. The Morgan fingerprint density at radius 2 is 1.76 bits per heavy atom. The van der Waals surface area contributed by atoms with E-state index < -0.39 is 0 Å². The van der Waals surface area contributed by atoms with E-state index in [1.165, 1.54) is 5.56 Å². The average Bonchev–Trinajstić information content (AvgIpc) is 2.42. The summed E-state index contributed by atoms with van der Waals surface area (Å²) in [6.07, 6.45) is 0. The lowest BCUT2D eigenvalue weighted by atomic mass is 10.1. The Balaban J connectivity index is 2.20. The van der Waals surface area contributed by atoms with Crippen molar-refractivity contribution in [2.75, 3.05) is 17.2 Å². The first-order chi connectivity index (χ1) is 10.0. The molecule has 0 atom stereocenters. The number of amides is 1. The standard InChI is InChI=1S/C18H22N2O/c1-5-19-15-7-8-16(13(3)11-15)18(21)20-17-9-6-12(2)10-14(17)4/h6-11,19H,5H2,1-4H3,(H,20,21). The van der Waals surface area contributed by atoms with Crippen molar-refractivity contribution in [2.45, 2.75) is 27.7 Å². The minimum absolute atomic E-state index is 0.0671. The highest BCUT2D eigenvalue weighted by atomic mass is 16.1. The molecule has 0 bridgehead atoms. The molecule has 0 fully saturated rings. The van der Waals surface area contributed by atoms with E-state index in [9.17, 15) is 4.79 Å². The summed E-state index contributed by atoms with van der Waals surface area (Å²) in [5.41, 5.74) is 5.84. The summed E-state index contributed by atoms with van der Waals surface area (Å²) >= 11 is 0. The Hall–Kier alpha value is -2.29. The van der Waals surface area contributed by atoms with Crippen molar-refractivity contribution in [3.05, 3.63) is 58.7 Å². The molecule has 0 aromatic heterocycles. The van der Waals surface area contributed by atoms with Crippen molar-refractivity contribution in [2.24, 2.45) is 0 Å². The first kappa shape index (κ1) is 15.1. The fourth-order valence-electron chi connectivity index (χ4n) is 2.38. The van der Waals surface area contributed by atoms with Crippen molar-refractivity contribution < 1.29 is 4.79 Å². The molecule has 21 heavy (non-hydrogen) atoms. The van der Waals surface area contributed by atoms with Gasteiger partial charge >= 0.3 is 0 Å². The highest BCUT2D eigenvalue weighted by molar-refractivity contribution is 6.05. The van der Waals surface area contributed by atoms with Gasteiger partial charge in [0.25, 0.3) is 5.91 Å². The zero-order chi connectivity index (χ0) is 15.4. The number of anilines is 2. The summed E-state index contributed by atoms with van der Waals surface area (Å²) in [6.45, 7) is 8.92. The predicted octanol–water partition coefficient (Wildman–Crippen LogP) is 4.30. The lowest BCUT2D eigenvalue weighted by molar-refractivity contribution is 0.102. The van der Waals surface area contributed by atoms with Crippen LogP contribution in [0, 0.1) is 20.8 Å². The summed E-state index contributed by atoms with van der Waals surface area (Å²) in [6, 6.07) is 11.8. The van der Waals surface area contributed by atoms with Crippen molar-refractivity contribution >= 4 is 17.3 Å². The Bertz CT molecular complexity index is 662. The number of aryl methyl sites for hydroxylation is 3. The highest BCUT2D eigenvalue weighted by Gasteiger charge is 2.11. The quantitative estimate of drug-likeness (QED) is 0.878. The van der Waals surface area contributed by atoms with E-state index in [1.54, 1.807) is 0 Å². The molecular formula is C18H22N2O. The molecule has 0 spiro atoms. The molecular weight excluding hydrogens is 260 g/mol. The molecule has 2 rings (SSSR count). The van der Waals surface area contributed by atoms with Crippen molar-refractivity contribution in [3.63, 3.8) is 0 Å². The lowest BCUT2D eigenvalue weighted by Gasteiger charge is -2.12.